The van der Waals surface area contributed by atoms with Crippen LogP contribution in [-0.4, -0.2) is 46.3 Å². The standard InChI is InChI=1S/C18H21F3N2O4S2/c1-13(11-27-12-18(19,20)21)23-17(24)14-4-6-16(7-5-14)29(25,26)22-9-8-15-3-2-10-28-15/h2-7,10,13,22H,8-9,11-12H2,1H3,(H,23,24)/t13-/m1/s1. The van der Waals surface area contributed by atoms with Crippen molar-refractivity contribution in [1.29, 1.82) is 0 Å². The number of nitrogens with one attached hydrogen (secondary N) is 2. The molecule has 160 valence electrons. The first-order valence-corrected chi connectivity index (χ1v) is 11.0. The van der Waals surface area contributed by atoms with Crippen molar-refractivity contribution >= 4 is 27.3 Å². The number of sulfonamides is 1. The molecule has 11 heteroatoms. The highest BCUT2D eigenvalue weighted by molar-refractivity contribution is 7.89. The van der Waals surface area contributed by atoms with Crippen LogP contribution < -0.4 is 10.0 Å². The quantitative estimate of drug-likeness (QED) is 0.583. The third-order valence-corrected chi connectivity index (χ3v) is 6.09. The van der Waals surface area contributed by atoms with E-state index in [1.165, 1.54) is 31.2 Å². The Hall–Kier alpha value is -1.95. The predicted octanol–water partition coefficient (Wildman–Crippen LogP) is 2.97. The van der Waals surface area contributed by atoms with E-state index in [2.05, 4.69) is 14.8 Å². The number of thiophene rings is 1. The Kier molecular flexibility index (Phi) is 8.20. The van der Waals surface area contributed by atoms with Gasteiger partial charge < -0.3 is 10.1 Å². The second-order valence-electron chi connectivity index (χ2n) is 6.26. The highest BCUT2D eigenvalue weighted by Crippen LogP contribution is 2.15. The van der Waals surface area contributed by atoms with Gasteiger partial charge in [-0.05, 0) is 49.1 Å². The van der Waals surface area contributed by atoms with Gasteiger partial charge in [-0.2, -0.15) is 13.2 Å². The minimum Gasteiger partial charge on any atom is -0.370 e. The molecule has 2 rings (SSSR count). The van der Waals surface area contributed by atoms with Crippen molar-refractivity contribution in [3.63, 3.8) is 0 Å². The van der Waals surface area contributed by atoms with Crippen molar-refractivity contribution < 1.29 is 31.1 Å². The number of ether oxygens (including phenoxy) is 1. The van der Waals surface area contributed by atoms with Crippen LogP contribution in [0.15, 0.2) is 46.7 Å². The lowest BCUT2D eigenvalue weighted by Crippen LogP contribution is -2.36. The van der Waals surface area contributed by atoms with Gasteiger partial charge in [0.1, 0.15) is 6.61 Å². The van der Waals surface area contributed by atoms with Gasteiger partial charge in [0, 0.05) is 23.0 Å². The van der Waals surface area contributed by atoms with Gasteiger partial charge >= 0.3 is 6.18 Å². The third kappa shape index (κ3) is 8.13. The van der Waals surface area contributed by atoms with E-state index in [1.54, 1.807) is 11.3 Å². The largest absolute Gasteiger partial charge is 0.411 e. The smallest absolute Gasteiger partial charge is 0.370 e. The van der Waals surface area contributed by atoms with Crippen molar-refractivity contribution in [2.75, 3.05) is 19.8 Å². The Bertz CT molecular complexity index is 883. The van der Waals surface area contributed by atoms with Crippen molar-refractivity contribution in [3.8, 4) is 0 Å². The molecule has 0 unspecified atom stereocenters. The SMILES string of the molecule is C[C@H](COCC(F)(F)F)NC(=O)c1ccc(S(=O)(=O)NCCc2cccs2)cc1. The molecule has 0 fully saturated rings. The lowest BCUT2D eigenvalue weighted by Gasteiger charge is -2.15. The highest BCUT2D eigenvalue weighted by Gasteiger charge is 2.27. The summed E-state index contributed by atoms with van der Waals surface area (Å²) in [5.74, 6) is -0.539. The molecular weight excluding hydrogens is 429 g/mol. The fourth-order valence-corrected chi connectivity index (χ4v) is 4.07. The average Bonchev–Trinajstić information content (AvgIpc) is 3.14. The van der Waals surface area contributed by atoms with Crippen LogP contribution in [0.1, 0.15) is 22.2 Å². The van der Waals surface area contributed by atoms with E-state index in [0.29, 0.717) is 6.42 Å². The molecule has 2 N–H and O–H groups in total. The average molecular weight is 451 g/mol. The fraction of sp³-hybridized carbons (Fsp3) is 0.389. The Labute approximate surface area is 171 Å². The summed E-state index contributed by atoms with van der Waals surface area (Å²) in [7, 11) is -3.71. The van der Waals surface area contributed by atoms with Crippen LogP contribution in [0.5, 0.6) is 0 Å². The molecule has 6 nitrogen and oxygen atoms in total. The van der Waals surface area contributed by atoms with E-state index in [4.69, 9.17) is 0 Å². The fourth-order valence-electron chi connectivity index (χ4n) is 2.33. The monoisotopic (exact) mass is 450 g/mol. The molecular formula is C18H21F3N2O4S2. The molecule has 0 saturated heterocycles. The van der Waals surface area contributed by atoms with Crippen molar-refractivity contribution in [2.45, 2.75) is 30.5 Å². The van der Waals surface area contributed by atoms with Crippen molar-refractivity contribution in [3.05, 3.63) is 52.2 Å². The molecule has 0 bridgehead atoms. The lowest BCUT2D eigenvalue weighted by atomic mass is 10.2. The maximum atomic E-state index is 12.3. The molecule has 0 radical (unpaired) electrons. The summed E-state index contributed by atoms with van der Waals surface area (Å²) in [6.45, 7) is 0.0657. The Morgan fingerprint density at radius 1 is 1.21 bits per heavy atom. The van der Waals surface area contributed by atoms with Crippen LogP contribution in [-0.2, 0) is 21.2 Å². The van der Waals surface area contributed by atoms with Gasteiger partial charge in [0.25, 0.3) is 5.91 Å². The Morgan fingerprint density at radius 2 is 1.90 bits per heavy atom. The molecule has 0 spiro atoms. The van der Waals surface area contributed by atoms with E-state index in [0.717, 1.165) is 4.88 Å². The van der Waals surface area contributed by atoms with Gasteiger partial charge in [-0.25, -0.2) is 13.1 Å². The minimum absolute atomic E-state index is 0.0155. The molecule has 1 amide bonds. The number of carbonyl (C=O) groups excluding carboxylic acids is 1. The van der Waals surface area contributed by atoms with E-state index < -0.39 is 34.8 Å². The lowest BCUT2D eigenvalue weighted by molar-refractivity contribution is -0.174. The number of hydrogen-bond acceptors (Lipinski definition) is 5. The number of amides is 1. The van der Waals surface area contributed by atoms with Gasteiger partial charge in [-0.15, -0.1) is 11.3 Å². The topological polar surface area (TPSA) is 84.5 Å². The van der Waals surface area contributed by atoms with Crippen molar-refractivity contribution in [1.82, 2.24) is 10.0 Å². The number of halogens is 3. The van der Waals surface area contributed by atoms with Crippen LogP contribution in [0.3, 0.4) is 0 Å². The van der Waals surface area contributed by atoms with Gasteiger partial charge in [-0.1, -0.05) is 6.07 Å². The molecule has 0 aliphatic rings. The van der Waals surface area contributed by atoms with E-state index in [1.807, 2.05) is 17.5 Å². The summed E-state index contributed by atoms with van der Waals surface area (Å²) in [6, 6.07) is 8.44. The normalized spacial score (nSPS) is 13.2. The molecule has 0 saturated carbocycles. The highest BCUT2D eigenvalue weighted by atomic mass is 32.2. The molecule has 2 aromatic rings. The number of benzene rings is 1. The Morgan fingerprint density at radius 3 is 2.48 bits per heavy atom. The zero-order chi connectivity index (χ0) is 21.5. The summed E-state index contributed by atoms with van der Waals surface area (Å²) in [4.78, 5) is 13.2. The zero-order valence-corrected chi connectivity index (χ0v) is 17.2. The van der Waals surface area contributed by atoms with Crippen LogP contribution in [0.2, 0.25) is 0 Å². The van der Waals surface area contributed by atoms with E-state index in [-0.39, 0.29) is 23.6 Å². The molecule has 1 aromatic carbocycles. The minimum atomic E-state index is -4.43. The second kappa shape index (κ2) is 10.2. The first-order valence-electron chi connectivity index (χ1n) is 8.64. The molecule has 1 atom stereocenters. The number of hydrogen-bond donors (Lipinski definition) is 2. The first kappa shape index (κ1) is 23.3. The van der Waals surface area contributed by atoms with Crippen molar-refractivity contribution in [2.24, 2.45) is 0 Å². The van der Waals surface area contributed by atoms with Crippen LogP contribution in [0, 0.1) is 0 Å². The van der Waals surface area contributed by atoms with Gasteiger partial charge in [-0.3, -0.25) is 4.79 Å². The van der Waals surface area contributed by atoms with Crippen LogP contribution in [0.4, 0.5) is 13.2 Å². The Balaban J connectivity index is 1.85. The molecule has 1 heterocycles. The van der Waals surface area contributed by atoms with E-state index >= 15 is 0 Å². The predicted molar refractivity (Wildman–Crippen MR) is 103 cm³/mol. The number of carbonyl (C=O) groups is 1. The molecule has 0 aliphatic heterocycles. The summed E-state index contributed by atoms with van der Waals surface area (Å²) in [5.41, 5.74) is 0.185. The zero-order valence-electron chi connectivity index (χ0n) is 15.5. The molecule has 0 aliphatic carbocycles. The summed E-state index contributed by atoms with van der Waals surface area (Å²) < 4.78 is 67.8. The van der Waals surface area contributed by atoms with E-state index in [9.17, 15) is 26.4 Å². The number of alkyl halides is 3. The summed E-state index contributed by atoms with van der Waals surface area (Å²) >= 11 is 1.54. The van der Waals surface area contributed by atoms with Crippen LogP contribution >= 0.6 is 11.3 Å². The van der Waals surface area contributed by atoms with Gasteiger partial charge in [0.2, 0.25) is 10.0 Å². The third-order valence-electron chi connectivity index (χ3n) is 3.68. The second-order valence-corrected chi connectivity index (χ2v) is 9.06. The summed E-state index contributed by atoms with van der Waals surface area (Å²) in [6.07, 6.45) is -3.85. The maximum absolute atomic E-state index is 12.3. The number of rotatable bonds is 10. The van der Waals surface area contributed by atoms with Crippen LogP contribution in [0.25, 0.3) is 0 Å². The molecule has 29 heavy (non-hydrogen) atoms. The van der Waals surface area contributed by atoms with Gasteiger partial charge in [0.05, 0.1) is 11.5 Å². The summed E-state index contributed by atoms with van der Waals surface area (Å²) in [5, 5.41) is 4.41. The van der Waals surface area contributed by atoms with Gasteiger partial charge in [0.15, 0.2) is 0 Å². The first-order chi connectivity index (χ1) is 13.6. The maximum Gasteiger partial charge on any atom is 0.411 e. The molecule has 1 aromatic heterocycles.